The zero-order chi connectivity index (χ0) is 18.6. The summed E-state index contributed by atoms with van der Waals surface area (Å²) >= 11 is 13.0. The monoisotopic (exact) mass is 421 g/mol. The van der Waals surface area contributed by atoms with Crippen molar-refractivity contribution in [2.45, 2.75) is 9.79 Å². The lowest BCUT2D eigenvalue weighted by Crippen LogP contribution is -2.03. The van der Waals surface area contributed by atoms with E-state index in [4.69, 9.17) is 23.2 Å². The Morgan fingerprint density at radius 1 is 0.769 bits per heavy atom. The molecule has 3 aromatic rings. The number of rotatable bonds is 4. The fourth-order valence-electron chi connectivity index (χ4n) is 2.09. The molecule has 132 valence electrons. The number of benzene rings is 3. The molecule has 0 atom stereocenters. The van der Waals surface area contributed by atoms with Crippen molar-refractivity contribution in [1.82, 2.24) is 0 Å². The Kier molecular flexibility index (Phi) is 6.04. The van der Waals surface area contributed by atoms with Gasteiger partial charge in [-0.3, -0.25) is 0 Å². The van der Waals surface area contributed by atoms with Crippen LogP contribution in [0.2, 0.25) is 10.0 Å². The second-order valence-electron chi connectivity index (χ2n) is 5.25. The van der Waals surface area contributed by atoms with Crippen LogP contribution >= 0.6 is 35.0 Å². The molecular formula is C19H13Cl2NO2S2. The lowest BCUT2D eigenvalue weighted by molar-refractivity contribution is 0.598. The Morgan fingerprint density at radius 2 is 1.31 bits per heavy atom. The Balaban J connectivity index is 2.03. The Morgan fingerprint density at radius 3 is 1.88 bits per heavy atom. The van der Waals surface area contributed by atoms with E-state index < -0.39 is 10.0 Å². The van der Waals surface area contributed by atoms with Crippen molar-refractivity contribution in [3.8, 4) is 0 Å². The van der Waals surface area contributed by atoms with Crippen LogP contribution < -0.4 is 0 Å². The second kappa shape index (κ2) is 8.27. The zero-order valence-corrected chi connectivity index (χ0v) is 16.5. The number of halogens is 2. The van der Waals surface area contributed by atoms with Crippen LogP contribution in [0.25, 0.3) is 0 Å². The van der Waals surface area contributed by atoms with E-state index in [2.05, 4.69) is 4.40 Å². The van der Waals surface area contributed by atoms with Gasteiger partial charge in [0.05, 0.1) is 4.90 Å². The maximum absolute atomic E-state index is 12.7. The van der Waals surface area contributed by atoms with Gasteiger partial charge in [0.25, 0.3) is 10.0 Å². The number of hydrogen-bond donors (Lipinski definition) is 0. The fourth-order valence-corrected chi connectivity index (χ4v) is 4.45. The normalized spacial score (nSPS) is 12.2. The van der Waals surface area contributed by atoms with Gasteiger partial charge in [0, 0.05) is 20.5 Å². The van der Waals surface area contributed by atoms with Gasteiger partial charge in [-0.1, -0.05) is 65.3 Å². The Hall–Kier alpha value is -1.79. The van der Waals surface area contributed by atoms with Crippen LogP contribution in [-0.2, 0) is 10.0 Å². The van der Waals surface area contributed by atoms with Crippen LogP contribution in [0.5, 0.6) is 0 Å². The standard InChI is InChI=1S/C19H13Cl2NO2S2/c20-15-6-10-17(11-7-15)25-19(14-4-2-1-3-5-14)22-26(23,24)18-12-8-16(21)9-13-18/h1-13H/b22-19+. The van der Waals surface area contributed by atoms with Gasteiger partial charge < -0.3 is 0 Å². The van der Waals surface area contributed by atoms with Crippen molar-refractivity contribution in [1.29, 1.82) is 0 Å². The summed E-state index contributed by atoms with van der Waals surface area (Å²) in [5.74, 6) is 0. The van der Waals surface area contributed by atoms with Gasteiger partial charge in [0.15, 0.2) is 0 Å². The number of thioether (sulfide) groups is 1. The number of sulfonamides is 1. The number of hydrogen-bond acceptors (Lipinski definition) is 3. The average molecular weight is 422 g/mol. The van der Waals surface area contributed by atoms with E-state index in [1.54, 1.807) is 12.1 Å². The van der Waals surface area contributed by atoms with E-state index in [9.17, 15) is 8.42 Å². The molecule has 3 nitrogen and oxygen atoms in total. The van der Waals surface area contributed by atoms with Crippen molar-refractivity contribution in [3.05, 3.63) is 94.5 Å². The van der Waals surface area contributed by atoms with Crippen molar-refractivity contribution in [3.63, 3.8) is 0 Å². The smallest absolute Gasteiger partial charge is 0.199 e. The third-order valence-corrected chi connectivity index (χ3v) is 6.30. The SMILES string of the molecule is O=S(=O)(/N=C(/Sc1ccc(Cl)cc1)c1ccccc1)c1ccc(Cl)cc1. The van der Waals surface area contributed by atoms with Gasteiger partial charge in [-0.15, -0.1) is 0 Å². The van der Waals surface area contributed by atoms with E-state index in [-0.39, 0.29) is 4.90 Å². The average Bonchev–Trinajstić information content (AvgIpc) is 2.64. The lowest BCUT2D eigenvalue weighted by atomic mass is 10.2. The van der Waals surface area contributed by atoms with Crippen molar-refractivity contribution in [2.75, 3.05) is 0 Å². The highest BCUT2D eigenvalue weighted by Gasteiger charge is 2.16. The minimum absolute atomic E-state index is 0.0898. The van der Waals surface area contributed by atoms with Gasteiger partial charge in [0.2, 0.25) is 0 Å². The first-order chi connectivity index (χ1) is 12.4. The van der Waals surface area contributed by atoms with Crippen LogP contribution in [0.4, 0.5) is 0 Å². The summed E-state index contributed by atoms with van der Waals surface area (Å²) in [5.41, 5.74) is 0.713. The minimum Gasteiger partial charge on any atom is -0.199 e. The number of nitrogens with zero attached hydrogens (tertiary/aromatic N) is 1. The molecule has 7 heteroatoms. The maximum atomic E-state index is 12.7. The second-order valence-corrected chi connectivity index (χ2v) is 8.79. The third-order valence-electron chi connectivity index (χ3n) is 3.36. The predicted octanol–water partition coefficient (Wildman–Crippen LogP) is 5.92. The molecule has 0 aromatic heterocycles. The highest BCUT2D eigenvalue weighted by molar-refractivity contribution is 8.15. The van der Waals surface area contributed by atoms with Crippen LogP contribution in [0, 0.1) is 0 Å². The summed E-state index contributed by atoms with van der Waals surface area (Å²) in [7, 11) is -3.87. The summed E-state index contributed by atoms with van der Waals surface area (Å²) < 4.78 is 29.5. The zero-order valence-electron chi connectivity index (χ0n) is 13.3. The lowest BCUT2D eigenvalue weighted by Gasteiger charge is -2.08. The molecular weight excluding hydrogens is 409 g/mol. The molecule has 0 aliphatic heterocycles. The molecule has 0 spiro atoms. The molecule has 0 heterocycles. The summed E-state index contributed by atoms with van der Waals surface area (Å²) in [4.78, 5) is 0.926. The quantitative estimate of drug-likeness (QED) is 0.298. The molecule has 0 bridgehead atoms. The fraction of sp³-hybridized carbons (Fsp3) is 0. The minimum atomic E-state index is -3.87. The Labute approximate surface area is 166 Å². The first kappa shape index (κ1) is 19.0. The molecule has 0 N–H and O–H groups in total. The molecule has 0 radical (unpaired) electrons. The summed E-state index contributed by atoms with van der Waals surface area (Å²) in [6.07, 6.45) is 0. The van der Waals surface area contributed by atoms with Gasteiger partial charge >= 0.3 is 0 Å². The van der Waals surface area contributed by atoms with E-state index >= 15 is 0 Å². The predicted molar refractivity (Wildman–Crippen MR) is 109 cm³/mol. The summed E-state index contributed by atoms with van der Waals surface area (Å²) in [5, 5.41) is 1.45. The molecule has 0 aliphatic rings. The van der Waals surface area contributed by atoms with Crippen molar-refractivity contribution in [2.24, 2.45) is 4.40 Å². The molecule has 0 aliphatic carbocycles. The molecule has 0 unspecified atom stereocenters. The highest BCUT2D eigenvalue weighted by atomic mass is 35.5. The van der Waals surface area contributed by atoms with E-state index in [0.29, 0.717) is 20.7 Å². The van der Waals surface area contributed by atoms with Crippen LogP contribution in [0.3, 0.4) is 0 Å². The maximum Gasteiger partial charge on any atom is 0.283 e. The first-order valence-corrected chi connectivity index (χ1v) is 10.5. The van der Waals surface area contributed by atoms with Gasteiger partial charge in [-0.05, 0) is 48.5 Å². The van der Waals surface area contributed by atoms with Gasteiger partial charge in [0.1, 0.15) is 5.04 Å². The largest absolute Gasteiger partial charge is 0.283 e. The van der Waals surface area contributed by atoms with E-state index in [0.717, 1.165) is 4.90 Å². The Bertz CT molecular complexity index is 1020. The van der Waals surface area contributed by atoms with Gasteiger partial charge in [-0.25, -0.2) is 0 Å². The first-order valence-electron chi connectivity index (χ1n) is 7.53. The molecule has 26 heavy (non-hydrogen) atoms. The molecule has 0 amide bonds. The third kappa shape index (κ3) is 4.89. The topological polar surface area (TPSA) is 46.5 Å². The molecule has 0 fully saturated rings. The summed E-state index contributed by atoms with van der Waals surface area (Å²) in [6, 6.07) is 22.2. The molecule has 3 rings (SSSR count). The van der Waals surface area contributed by atoms with Crippen molar-refractivity contribution >= 4 is 50.0 Å². The van der Waals surface area contributed by atoms with Crippen LogP contribution in [-0.4, -0.2) is 13.5 Å². The van der Waals surface area contributed by atoms with Crippen molar-refractivity contribution < 1.29 is 8.42 Å². The van der Waals surface area contributed by atoms with Gasteiger partial charge in [-0.2, -0.15) is 12.8 Å². The molecule has 3 aromatic carbocycles. The van der Waals surface area contributed by atoms with Crippen LogP contribution in [0.1, 0.15) is 5.56 Å². The molecule has 0 saturated carbocycles. The van der Waals surface area contributed by atoms with Crippen LogP contribution in [0.15, 0.2) is 93.1 Å². The molecule has 0 saturated heterocycles. The van der Waals surface area contributed by atoms with E-state index in [1.165, 1.54) is 36.0 Å². The van der Waals surface area contributed by atoms with E-state index in [1.807, 2.05) is 42.5 Å². The highest BCUT2D eigenvalue weighted by Crippen LogP contribution is 2.27. The summed E-state index contributed by atoms with van der Waals surface area (Å²) in [6.45, 7) is 0.